The Morgan fingerprint density at radius 3 is 2.35 bits per heavy atom. The van der Waals surface area contributed by atoms with Crippen LogP contribution in [0, 0.1) is 0 Å². The number of carbonyl (C=O) groups is 2. The average Bonchev–Trinajstić information content (AvgIpc) is 2.60. The predicted octanol–water partition coefficient (Wildman–Crippen LogP) is 3.10. The van der Waals surface area contributed by atoms with Crippen molar-refractivity contribution < 1.29 is 23.8 Å². The number of hydrogen-bond donors (Lipinski definition) is 0. The number of esters is 2. The zero-order valence-electron chi connectivity index (χ0n) is 12.8. The maximum absolute atomic E-state index is 11.8. The summed E-state index contributed by atoms with van der Waals surface area (Å²) in [5.74, 6) is 0.0938. The Bertz CT molecular complexity index is 716. The van der Waals surface area contributed by atoms with Crippen molar-refractivity contribution >= 4 is 18.0 Å². The molecule has 118 valence electrons. The smallest absolute Gasteiger partial charge is 0.337 e. The van der Waals surface area contributed by atoms with Gasteiger partial charge in [-0.1, -0.05) is 12.1 Å². The highest BCUT2D eigenvalue weighted by atomic mass is 16.5. The summed E-state index contributed by atoms with van der Waals surface area (Å²) < 4.78 is 14.9. The molecule has 0 unspecified atom stereocenters. The van der Waals surface area contributed by atoms with Gasteiger partial charge >= 0.3 is 11.9 Å². The maximum Gasteiger partial charge on any atom is 0.337 e. The van der Waals surface area contributed by atoms with E-state index in [4.69, 9.17) is 9.47 Å². The molecule has 23 heavy (non-hydrogen) atoms. The second-order valence-electron chi connectivity index (χ2n) is 4.55. The molecule has 0 fully saturated rings. The first-order valence-electron chi connectivity index (χ1n) is 6.84. The molecule has 0 saturated heterocycles. The van der Waals surface area contributed by atoms with E-state index in [-0.39, 0.29) is 0 Å². The number of ether oxygens (including phenoxy) is 3. The molecule has 0 atom stereocenters. The lowest BCUT2D eigenvalue weighted by Gasteiger charge is -2.03. The van der Waals surface area contributed by atoms with Crippen molar-refractivity contribution in [2.45, 2.75) is 0 Å². The molecule has 0 saturated carbocycles. The van der Waals surface area contributed by atoms with E-state index in [1.54, 1.807) is 19.3 Å². The van der Waals surface area contributed by atoms with E-state index in [0.717, 1.165) is 5.56 Å². The highest BCUT2D eigenvalue weighted by Crippen LogP contribution is 2.15. The van der Waals surface area contributed by atoms with Crippen LogP contribution in [0.3, 0.4) is 0 Å². The molecule has 0 aliphatic carbocycles. The van der Waals surface area contributed by atoms with Gasteiger partial charge in [0.2, 0.25) is 0 Å². The van der Waals surface area contributed by atoms with Crippen LogP contribution in [0.15, 0.2) is 54.6 Å². The van der Waals surface area contributed by atoms with Crippen LogP contribution in [-0.4, -0.2) is 26.2 Å². The molecular weight excluding hydrogens is 296 g/mol. The first kappa shape index (κ1) is 16.3. The molecule has 2 aromatic rings. The minimum atomic E-state index is -0.515. The number of methoxy groups -OCH3 is 2. The van der Waals surface area contributed by atoms with Crippen LogP contribution in [0.5, 0.6) is 11.5 Å². The Balaban J connectivity index is 1.98. The molecular formula is C18H16O5. The van der Waals surface area contributed by atoms with Gasteiger partial charge in [0.05, 0.1) is 19.8 Å². The standard InChI is InChI=1S/C18H16O5/c1-21-16-5-3-4-13(12-16)6-11-17(19)23-15-9-7-14(8-10-15)18(20)22-2/h3-12H,1-2H3/b11-6+. The largest absolute Gasteiger partial charge is 0.497 e. The summed E-state index contributed by atoms with van der Waals surface area (Å²) in [6.45, 7) is 0. The third-order valence-corrected chi connectivity index (χ3v) is 3.00. The van der Waals surface area contributed by atoms with Crippen LogP contribution in [0.2, 0.25) is 0 Å². The summed E-state index contributed by atoms with van der Waals surface area (Å²) >= 11 is 0. The summed E-state index contributed by atoms with van der Waals surface area (Å²) in [5.41, 5.74) is 1.21. The number of rotatable bonds is 5. The third-order valence-electron chi connectivity index (χ3n) is 3.00. The van der Waals surface area contributed by atoms with Gasteiger partial charge in [0.15, 0.2) is 0 Å². The van der Waals surface area contributed by atoms with E-state index >= 15 is 0 Å². The van der Waals surface area contributed by atoms with E-state index < -0.39 is 11.9 Å². The molecule has 0 aliphatic rings. The van der Waals surface area contributed by atoms with Gasteiger partial charge in [0, 0.05) is 6.08 Å². The van der Waals surface area contributed by atoms with Gasteiger partial charge in [-0.3, -0.25) is 0 Å². The fourth-order valence-electron chi connectivity index (χ4n) is 1.84. The van der Waals surface area contributed by atoms with Crippen LogP contribution in [-0.2, 0) is 9.53 Å². The second kappa shape index (κ2) is 7.79. The van der Waals surface area contributed by atoms with Crippen molar-refractivity contribution in [3.63, 3.8) is 0 Å². The Morgan fingerprint density at radius 2 is 1.70 bits per heavy atom. The van der Waals surface area contributed by atoms with E-state index in [2.05, 4.69) is 4.74 Å². The quantitative estimate of drug-likeness (QED) is 0.482. The molecule has 0 N–H and O–H groups in total. The Kier molecular flexibility index (Phi) is 5.52. The van der Waals surface area contributed by atoms with Gasteiger partial charge in [-0.05, 0) is 48.0 Å². The summed E-state index contributed by atoms with van der Waals surface area (Å²) in [7, 11) is 2.88. The summed E-state index contributed by atoms with van der Waals surface area (Å²) in [6.07, 6.45) is 2.96. The maximum atomic E-state index is 11.8. The lowest BCUT2D eigenvalue weighted by molar-refractivity contribution is -0.128. The van der Waals surface area contributed by atoms with Crippen LogP contribution < -0.4 is 9.47 Å². The minimum Gasteiger partial charge on any atom is -0.497 e. The van der Waals surface area contributed by atoms with Gasteiger partial charge in [-0.15, -0.1) is 0 Å². The van der Waals surface area contributed by atoms with Crippen molar-refractivity contribution in [1.29, 1.82) is 0 Å². The molecule has 5 heteroatoms. The van der Waals surface area contributed by atoms with Gasteiger partial charge in [-0.25, -0.2) is 9.59 Å². The average molecular weight is 312 g/mol. The van der Waals surface area contributed by atoms with E-state index in [1.807, 2.05) is 18.2 Å². The monoisotopic (exact) mass is 312 g/mol. The normalized spacial score (nSPS) is 10.3. The highest BCUT2D eigenvalue weighted by molar-refractivity contribution is 5.90. The summed E-state index contributed by atoms with van der Waals surface area (Å²) in [5, 5.41) is 0. The molecule has 5 nitrogen and oxygen atoms in total. The highest BCUT2D eigenvalue weighted by Gasteiger charge is 2.06. The van der Waals surface area contributed by atoms with E-state index in [0.29, 0.717) is 17.1 Å². The minimum absolute atomic E-state index is 0.345. The molecule has 0 bridgehead atoms. The number of benzene rings is 2. The fraction of sp³-hybridized carbons (Fsp3) is 0.111. The zero-order chi connectivity index (χ0) is 16.7. The van der Waals surface area contributed by atoms with Gasteiger partial charge in [-0.2, -0.15) is 0 Å². The second-order valence-corrected chi connectivity index (χ2v) is 4.55. The fourth-order valence-corrected chi connectivity index (χ4v) is 1.84. The van der Waals surface area contributed by atoms with Crippen LogP contribution >= 0.6 is 0 Å². The molecule has 2 rings (SSSR count). The molecule has 0 amide bonds. The first-order valence-corrected chi connectivity index (χ1v) is 6.84. The molecule has 0 aliphatic heterocycles. The van der Waals surface area contributed by atoms with Crippen molar-refractivity contribution in [1.82, 2.24) is 0 Å². The van der Waals surface area contributed by atoms with Crippen LogP contribution in [0.25, 0.3) is 6.08 Å². The van der Waals surface area contributed by atoms with Crippen LogP contribution in [0.4, 0.5) is 0 Å². The van der Waals surface area contributed by atoms with E-state index in [9.17, 15) is 9.59 Å². The lowest BCUT2D eigenvalue weighted by atomic mass is 10.2. The van der Waals surface area contributed by atoms with Crippen molar-refractivity contribution in [3.8, 4) is 11.5 Å². The van der Waals surface area contributed by atoms with Gasteiger partial charge in [0.1, 0.15) is 11.5 Å². The lowest BCUT2D eigenvalue weighted by Crippen LogP contribution is -2.05. The number of carbonyl (C=O) groups excluding carboxylic acids is 2. The Labute approximate surface area is 134 Å². The van der Waals surface area contributed by atoms with Gasteiger partial charge < -0.3 is 14.2 Å². The SMILES string of the molecule is COC(=O)c1ccc(OC(=O)/C=C/c2cccc(OC)c2)cc1. The molecule has 0 spiro atoms. The Morgan fingerprint density at radius 1 is 0.957 bits per heavy atom. The van der Waals surface area contributed by atoms with Crippen molar-refractivity contribution in [2.24, 2.45) is 0 Å². The predicted molar refractivity (Wildman–Crippen MR) is 85.4 cm³/mol. The summed E-state index contributed by atoms with van der Waals surface area (Å²) in [4.78, 5) is 23.1. The molecule has 0 aromatic heterocycles. The van der Waals surface area contributed by atoms with Crippen molar-refractivity contribution in [2.75, 3.05) is 14.2 Å². The summed E-state index contributed by atoms with van der Waals surface area (Å²) in [6, 6.07) is 13.4. The molecule has 0 heterocycles. The van der Waals surface area contributed by atoms with Gasteiger partial charge in [0.25, 0.3) is 0 Å². The molecule has 0 radical (unpaired) electrons. The first-order chi connectivity index (χ1) is 11.1. The van der Waals surface area contributed by atoms with Crippen molar-refractivity contribution in [3.05, 3.63) is 65.7 Å². The topological polar surface area (TPSA) is 61.8 Å². The van der Waals surface area contributed by atoms with E-state index in [1.165, 1.54) is 37.5 Å². The molecule has 2 aromatic carbocycles. The number of hydrogen-bond acceptors (Lipinski definition) is 5. The van der Waals surface area contributed by atoms with Crippen LogP contribution in [0.1, 0.15) is 15.9 Å². The Hall–Kier alpha value is -3.08. The zero-order valence-corrected chi connectivity index (χ0v) is 12.8. The third kappa shape index (κ3) is 4.71.